The average molecular weight is 341 g/mol. The summed E-state index contributed by atoms with van der Waals surface area (Å²) in [5.41, 5.74) is 0.772. The van der Waals surface area contributed by atoms with Gasteiger partial charge in [0.1, 0.15) is 12.5 Å². The number of esters is 1. The number of ether oxygens (including phenoxy) is 3. The number of hydrogen-bond donors (Lipinski definition) is 0. The van der Waals surface area contributed by atoms with Gasteiger partial charge in [0.25, 0.3) is 0 Å². The maximum Gasteiger partial charge on any atom is 0.359 e. The van der Waals surface area contributed by atoms with Crippen molar-refractivity contribution in [1.82, 2.24) is 14.8 Å². The van der Waals surface area contributed by atoms with E-state index < -0.39 is 16.0 Å². The van der Waals surface area contributed by atoms with Crippen LogP contribution in [0, 0.1) is 0 Å². The number of rotatable bonds is 7. The van der Waals surface area contributed by atoms with Crippen molar-refractivity contribution >= 4 is 27.0 Å². The van der Waals surface area contributed by atoms with E-state index in [1.54, 1.807) is 24.1 Å². The highest BCUT2D eigenvalue weighted by atomic mass is 32.3. The smallest absolute Gasteiger partial charge is 0.359 e. The minimum atomic E-state index is -0.603. The van der Waals surface area contributed by atoms with Gasteiger partial charge in [0.15, 0.2) is 11.3 Å². The summed E-state index contributed by atoms with van der Waals surface area (Å²) in [5.74, 6) is 1.06. The summed E-state index contributed by atoms with van der Waals surface area (Å²) in [4.78, 5) is 16.2. The fraction of sp³-hybridized carbons (Fsp3) is 0.533. The van der Waals surface area contributed by atoms with Crippen LogP contribution in [-0.2, 0) is 16.2 Å². The molecule has 23 heavy (non-hydrogen) atoms. The van der Waals surface area contributed by atoms with Crippen molar-refractivity contribution in [3.63, 3.8) is 0 Å². The molecule has 0 saturated carbocycles. The number of nitrogens with zero attached hydrogens (tertiary/aromatic N) is 3. The molecule has 0 amide bonds. The predicted octanol–water partition coefficient (Wildman–Crippen LogP) is 1.89. The molecular weight excluding hydrogens is 318 g/mol. The van der Waals surface area contributed by atoms with Crippen LogP contribution in [0.2, 0.25) is 0 Å². The molecule has 0 fully saturated rings. The topological polar surface area (TPSA) is 75.5 Å². The van der Waals surface area contributed by atoms with Gasteiger partial charge in [0.2, 0.25) is 0 Å². The van der Waals surface area contributed by atoms with E-state index in [4.69, 9.17) is 14.2 Å². The number of aromatic nitrogens is 3. The second-order valence-electron chi connectivity index (χ2n) is 5.92. The quantitative estimate of drug-likeness (QED) is 0.565. The van der Waals surface area contributed by atoms with Gasteiger partial charge in [-0.05, 0) is 24.8 Å². The lowest BCUT2D eigenvalue weighted by Crippen LogP contribution is -2.12. The molecule has 0 radical (unpaired) electrons. The SMILES string of the molecule is COC(=O)c1nn(COCCS(C)(C)C)c2ncc(OC)cc12. The highest BCUT2D eigenvalue weighted by molar-refractivity contribution is 8.32. The van der Waals surface area contributed by atoms with Crippen molar-refractivity contribution in [2.45, 2.75) is 6.73 Å². The maximum absolute atomic E-state index is 11.9. The van der Waals surface area contributed by atoms with Gasteiger partial charge in [-0.25, -0.2) is 24.5 Å². The Kier molecular flexibility index (Phi) is 5.48. The second-order valence-corrected chi connectivity index (χ2v) is 10.5. The van der Waals surface area contributed by atoms with Crippen molar-refractivity contribution in [1.29, 1.82) is 0 Å². The molecule has 0 N–H and O–H groups in total. The number of methoxy groups -OCH3 is 2. The summed E-state index contributed by atoms with van der Waals surface area (Å²) in [6, 6.07) is 1.72. The molecule has 0 aliphatic heterocycles. The summed E-state index contributed by atoms with van der Waals surface area (Å²) in [5, 5.41) is 4.86. The third-order valence-corrected chi connectivity index (χ3v) is 4.62. The molecule has 0 spiro atoms. The van der Waals surface area contributed by atoms with Crippen molar-refractivity contribution in [2.24, 2.45) is 0 Å². The van der Waals surface area contributed by atoms with Gasteiger partial charge in [-0.1, -0.05) is 0 Å². The van der Waals surface area contributed by atoms with E-state index in [-0.39, 0.29) is 12.4 Å². The first-order chi connectivity index (χ1) is 10.9. The molecule has 7 nitrogen and oxygen atoms in total. The molecule has 0 atom stereocenters. The van der Waals surface area contributed by atoms with E-state index in [1.807, 2.05) is 0 Å². The Bertz CT molecular complexity index is 694. The predicted molar refractivity (Wildman–Crippen MR) is 91.6 cm³/mol. The summed E-state index contributed by atoms with van der Waals surface area (Å²) >= 11 is 0. The summed E-state index contributed by atoms with van der Waals surface area (Å²) in [6.07, 6.45) is 8.30. The molecular formula is C15H23N3O4S. The van der Waals surface area contributed by atoms with Crippen LogP contribution in [0.5, 0.6) is 5.75 Å². The largest absolute Gasteiger partial charge is 0.495 e. The zero-order valence-corrected chi connectivity index (χ0v) is 15.0. The summed E-state index contributed by atoms with van der Waals surface area (Å²) < 4.78 is 17.2. The zero-order valence-electron chi connectivity index (χ0n) is 14.2. The molecule has 2 heterocycles. The molecule has 0 saturated heterocycles. The fourth-order valence-electron chi connectivity index (χ4n) is 1.95. The fourth-order valence-corrected chi connectivity index (χ4v) is 2.57. The first-order valence-electron chi connectivity index (χ1n) is 7.08. The van der Waals surface area contributed by atoms with Gasteiger partial charge in [0.05, 0.1) is 32.4 Å². The molecule has 2 aromatic rings. The van der Waals surface area contributed by atoms with Crippen molar-refractivity contribution < 1.29 is 19.0 Å². The van der Waals surface area contributed by atoms with Crippen LogP contribution in [0.25, 0.3) is 11.0 Å². The minimum absolute atomic E-state index is 0.207. The van der Waals surface area contributed by atoms with Gasteiger partial charge < -0.3 is 14.2 Å². The van der Waals surface area contributed by atoms with Crippen LogP contribution in [0.3, 0.4) is 0 Å². The molecule has 2 rings (SSSR count). The number of fused-ring (bicyclic) bond motifs is 1. The lowest BCUT2D eigenvalue weighted by Gasteiger charge is -2.24. The molecule has 0 aliphatic carbocycles. The Balaban J connectivity index is 2.24. The van der Waals surface area contributed by atoms with Crippen LogP contribution in [0.1, 0.15) is 10.5 Å². The van der Waals surface area contributed by atoms with Crippen molar-refractivity contribution in [3.05, 3.63) is 18.0 Å². The maximum atomic E-state index is 11.9. The number of carbonyl (C=O) groups is 1. The monoisotopic (exact) mass is 341 g/mol. The molecule has 0 aromatic carbocycles. The molecule has 0 bridgehead atoms. The third kappa shape index (κ3) is 4.35. The van der Waals surface area contributed by atoms with E-state index in [0.717, 1.165) is 5.75 Å². The second kappa shape index (κ2) is 7.18. The van der Waals surface area contributed by atoms with Crippen molar-refractivity contribution in [3.8, 4) is 5.75 Å². The third-order valence-electron chi connectivity index (χ3n) is 3.23. The van der Waals surface area contributed by atoms with E-state index >= 15 is 0 Å². The Morgan fingerprint density at radius 3 is 2.65 bits per heavy atom. The molecule has 2 aromatic heterocycles. The van der Waals surface area contributed by atoms with E-state index in [1.165, 1.54) is 7.11 Å². The number of pyridine rings is 1. The normalized spacial score (nSPS) is 12.4. The van der Waals surface area contributed by atoms with Crippen LogP contribution in [0.4, 0.5) is 0 Å². The lowest BCUT2D eigenvalue weighted by atomic mass is 10.2. The van der Waals surface area contributed by atoms with E-state index in [0.29, 0.717) is 23.4 Å². The summed E-state index contributed by atoms with van der Waals surface area (Å²) in [7, 11) is 2.26. The average Bonchev–Trinajstić information content (AvgIpc) is 2.87. The minimum Gasteiger partial charge on any atom is -0.495 e. The van der Waals surface area contributed by atoms with Crippen LogP contribution >= 0.6 is 10.0 Å². The van der Waals surface area contributed by atoms with Gasteiger partial charge in [0, 0.05) is 5.75 Å². The Morgan fingerprint density at radius 2 is 2.04 bits per heavy atom. The van der Waals surface area contributed by atoms with Crippen LogP contribution in [-0.4, -0.2) is 66.1 Å². The van der Waals surface area contributed by atoms with Gasteiger partial charge in [-0.15, -0.1) is 0 Å². The first-order valence-corrected chi connectivity index (χ1v) is 10.1. The Labute approximate surface area is 137 Å². The van der Waals surface area contributed by atoms with Crippen molar-refractivity contribution in [2.75, 3.05) is 45.3 Å². The highest BCUT2D eigenvalue weighted by Gasteiger charge is 2.19. The standard InChI is InChI=1S/C15H23N3O4S/c1-20-11-8-12-13(15(19)21-2)17-18(14(12)16-9-11)10-22-6-7-23(3,4)5/h8-9H,6-7,10H2,1-5H3. The first kappa shape index (κ1) is 17.6. The molecule has 0 aliphatic rings. The Hall–Kier alpha value is -1.80. The van der Waals surface area contributed by atoms with Crippen LogP contribution in [0.15, 0.2) is 12.3 Å². The van der Waals surface area contributed by atoms with E-state index in [9.17, 15) is 4.79 Å². The number of carbonyl (C=O) groups excluding carboxylic acids is 1. The molecule has 0 unspecified atom stereocenters. The molecule has 128 valence electrons. The highest BCUT2D eigenvalue weighted by Crippen LogP contribution is 2.33. The Morgan fingerprint density at radius 1 is 1.30 bits per heavy atom. The van der Waals surface area contributed by atoms with Crippen LogP contribution < -0.4 is 4.74 Å². The zero-order chi connectivity index (χ0) is 17.0. The van der Waals surface area contributed by atoms with Gasteiger partial charge >= 0.3 is 5.97 Å². The van der Waals surface area contributed by atoms with E-state index in [2.05, 4.69) is 28.8 Å². The number of hydrogen-bond acceptors (Lipinski definition) is 6. The van der Waals surface area contributed by atoms with Gasteiger partial charge in [-0.3, -0.25) is 0 Å². The van der Waals surface area contributed by atoms with Gasteiger partial charge in [-0.2, -0.15) is 5.10 Å². The lowest BCUT2D eigenvalue weighted by molar-refractivity contribution is 0.0586. The summed E-state index contributed by atoms with van der Waals surface area (Å²) in [6.45, 7) is 0.881. The molecule has 8 heteroatoms.